The second-order valence-corrected chi connectivity index (χ2v) is 4.29. The molecular weight excluding hydrogens is 226 g/mol. The summed E-state index contributed by atoms with van der Waals surface area (Å²) < 4.78 is 5.25. The van der Waals surface area contributed by atoms with Gasteiger partial charge in [-0.1, -0.05) is 23.7 Å². The van der Waals surface area contributed by atoms with Crippen LogP contribution in [0.2, 0.25) is 5.02 Å². The lowest BCUT2D eigenvalue weighted by atomic mass is 9.90. The summed E-state index contributed by atoms with van der Waals surface area (Å²) in [7, 11) is 0. The van der Waals surface area contributed by atoms with Crippen LogP contribution in [-0.4, -0.2) is 12.4 Å². The zero-order valence-corrected chi connectivity index (χ0v) is 9.91. The van der Waals surface area contributed by atoms with Gasteiger partial charge >= 0.3 is 0 Å². The summed E-state index contributed by atoms with van der Waals surface area (Å²) in [6.45, 7) is 2.97. The Morgan fingerprint density at radius 1 is 1.50 bits per heavy atom. The first-order valence-corrected chi connectivity index (χ1v) is 5.17. The summed E-state index contributed by atoms with van der Waals surface area (Å²) in [6, 6.07) is 8.82. The SMILES string of the molecule is CC(C)(C#N)C(=O)COc1ccccc1Cl. The van der Waals surface area contributed by atoms with Crippen molar-refractivity contribution in [1.29, 1.82) is 5.26 Å². The van der Waals surface area contributed by atoms with Gasteiger partial charge in [0.15, 0.2) is 5.78 Å². The molecule has 0 unspecified atom stereocenters. The number of hydrogen-bond donors (Lipinski definition) is 0. The van der Waals surface area contributed by atoms with Gasteiger partial charge in [-0.25, -0.2) is 0 Å². The first-order valence-electron chi connectivity index (χ1n) is 4.79. The maximum atomic E-state index is 11.6. The second-order valence-electron chi connectivity index (χ2n) is 3.88. The Balaban J connectivity index is 2.64. The smallest absolute Gasteiger partial charge is 0.189 e. The van der Waals surface area contributed by atoms with Gasteiger partial charge in [0.2, 0.25) is 0 Å². The van der Waals surface area contributed by atoms with Crippen molar-refractivity contribution in [3.8, 4) is 11.8 Å². The van der Waals surface area contributed by atoms with E-state index in [1.165, 1.54) is 0 Å². The Morgan fingerprint density at radius 3 is 2.69 bits per heavy atom. The molecule has 4 heteroatoms. The fourth-order valence-corrected chi connectivity index (χ4v) is 1.14. The fraction of sp³-hybridized carbons (Fsp3) is 0.333. The standard InChI is InChI=1S/C12H12ClNO2/c1-12(2,8-14)11(15)7-16-10-6-4-3-5-9(10)13/h3-6H,7H2,1-2H3. The molecule has 3 nitrogen and oxygen atoms in total. The molecule has 0 heterocycles. The van der Waals surface area contributed by atoms with Crippen molar-refractivity contribution in [2.75, 3.05) is 6.61 Å². The predicted molar refractivity (Wildman–Crippen MR) is 61.3 cm³/mol. The number of carbonyl (C=O) groups excluding carboxylic acids is 1. The van der Waals surface area contributed by atoms with E-state index < -0.39 is 5.41 Å². The van der Waals surface area contributed by atoms with Gasteiger partial charge in [0.05, 0.1) is 11.1 Å². The minimum absolute atomic E-state index is 0.149. The van der Waals surface area contributed by atoms with Crippen LogP contribution in [0.15, 0.2) is 24.3 Å². The summed E-state index contributed by atoms with van der Waals surface area (Å²) in [6.07, 6.45) is 0. The molecule has 1 aromatic carbocycles. The van der Waals surface area contributed by atoms with Crippen molar-refractivity contribution < 1.29 is 9.53 Å². The number of benzene rings is 1. The summed E-state index contributed by atoms with van der Waals surface area (Å²) >= 11 is 5.85. The fourth-order valence-electron chi connectivity index (χ4n) is 0.948. The highest BCUT2D eigenvalue weighted by molar-refractivity contribution is 6.32. The van der Waals surface area contributed by atoms with E-state index in [0.29, 0.717) is 10.8 Å². The zero-order chi connectivity index (χ0) is 12.2. The Morgan fingerprint density at radius 2 is 2.12 bits per heavy atom. The average Bonchev–Trinajstić information content (AvgIpc) is 2.27. The number of halogens is 1. The van der Waals surface area contributed by atoms with Crippen molar-refractivity contribution in [2.45, 2.75) is 13.8 Å². The van der Waals surface area contributed by atoms with Gasteiger partial charge in [-0.3, -0.25) is 4.79 Å². The molecule has 0 aromatic heterocycles. The monoisotopic (exact) mass is 237 g/mol. The molecule has 0 aliphatic rings. The Bertz CT molecular complexity index is 435. The maximum absolute atomic E-state index is 11.6. The minimum atomic E-state index is -1.03. The summed E-state index contributed by atoms with van der Waals surface area (Å²) in [4.78, 5) is 11.6. The van der Waals surface area contributed by atoms with E-state index in [-0.39, 0.29) is 12.4 Å². The Hall–Kier alpha value is -1.53. The van der Waals surface area contributed by atoms with E-state index in [9.17, 15) is 4.79 Å². The number of hydrogen-bond acceptors (Lipinski definition) is 3. The molecule has 0 atom stereocenters. The van der Waals surface area contributed by atoms with Gasteiger partial charge in [0.1, 0.15) is 17.8 Å². The molecule has 0 bridgehead atoms. The summed E-state index contributed by atoms with van der Waals surface area (Å²) in [5.41, 5.74) is -1.03. The van der Waals surface area contributed by atoms with Crippen LogP contribution >= 0.6 is 11.6 Å². The van der Waals surface area contributed by atoms with Crippen molar-refractivity contribution in [3.05, 3.63) is 29.3 Å². The normalized spacial score (nSPS) is 10.6. The first kappa shape index (κ1) is 12.5. The van der Waals surface area contributed by atoms with Gasteiger partial charge in [0, 0.05) is 0 Å². The van der Waals surface area contributed by atoms with Crippen molar-refractivity contribution in [2.24, 2.45) is 5.41 Å². The molecule has 0 radical (unpaired) electrons. The number of para-hydroxylation sites is 1. The minimum Gasteiger partial charge on any atom is -0.484 e. The van der Waals surface area contributed by atoms with Crippen LogP contribution < -0.4 is 4.74 Å². The summed E-state index contributed by atoms with van der Waals surface area (Å²) in [5.74, 6) is 0.182. The third-order valence-electron chi connectivity index (χ3n) is 2.17. The first-order chi connectivity index (χ1) is 7.47. The topological polar surface area (TPSA) is 50.1 Å². The predicted octanol–water partition coefficient (Wildman–Crippen LogP) is 2.84. The molecule has 0 saturated carbocycles. The zero-order valence-electron chi connectivity index (χ0n) is 9.16. The second kappa shape index (κ2) is 5.00. The molecule has 84 valence electrons. The average molecular weight is 238 g/mol. The number of carbonyl (C=O) groups is 1. The van der Waals surface area contributed by atoms with Crippen LogP contribution in [-0.2, 0) is 4.79 Å². The highest BCUT2D eigenvalue weighted by atomic mass is 35.5. The third kappa shape index (κ3) is 2.98. The van der Waals surface area contributed by atoms with E-state index in [2.05, 4.69) is 0 Å². The number of Topliss-reactive ketones (excluding diaryl/α,β-unsaturated/α-hetero) is 1. The molecule has 16 heavy (non-hydrogen) atoms. The molecule has 1 aromatic rings. The van der Waals surface area contributed by atoms with Crippen LogP contribution in [0, 0.1) is 16.7 Å². The van der Waals surface area contributed by atoms with Crippen LogP contribution in [0.3, 0.4) is 0 Å². The molecule has 0 spiro atoms. The molecule has 0 fully saturated rings. The lowest BCUT2D eigenvalue weighted by Gasteiger charge is -2.14. The number of nitrogens with zero attached hydrogens (tertiary/aromatic N) is 1. The van der Waals surface area contributed by atoms with Crippen LogP contribution in [0.4, 0.5) is 0 Å². The molecular formula is C12H12ClNO2. The number of ether oxygens (including phenoxy) is 1. The molecule has 0 aliphatic heterocycles. The summed E-state index contributed by atoms with van der Waals surface area (Å²) in [5, 5.41) is 9.21. The Kier molecular flexibility index (Phi) is 3.92. The van der Waals surface area contributed by atoms with E-state index >= 15 is 0 Å². The third-order valence-corrected chi connectivity index (χ3v) is 2.48. The highest BCUT2D eigenvalue weighted by Crippen LogP contribution is 2.24. The lowest BCUT2D eigenvalue weighted by molar-refractivity contribution is -0.126. The van der Waals surface area contributed by atoms with E-state index in [1.807, 2.05) is 6.07 Å². The van der Waals surface area contributed by atoms with Gasteiger partial charge in [-0.05, 0) is 26.0 Å². The van der Waals surface area contributed by atoms with Gasteiger partial charge < -0.3 is 4.74 Å². The van der Waals surface area contributed by atoms with Gasteiger partial charge in [-0.15, -0.1) is 0 Å². The molecule has 0 N–H and O–H groups in total. The van der Waals surface area contributed by atoms with Crippen molar-refractivity contribution >= 4 is 17.4 Å². The van der Waals surface area contributed by atoms with Crippen molar-refractivity contribution in [3.63, 3.8) is 0 Å². The van der Waals surface area contributed by atoms with Gasteiger partial charge in [-0.2, -0.15) is 5.26 Å². The number of rotatable bonds is 4. The van der Waals surface area contributed by atoms with E-state index in [4.69, 9.17) is 21.6 Å². The van der Waals surface area contributed by atoms with Crippen molar-refractivity contribution in [1.82, 2.24) is 0 Å². The maximum Gasteiger partial charge on any atom is 0.189 e. The van der Waals surface area contributed by atoms with Crippen LogP contribution in [0.25, 0.3) is 0 Å². The molecule has 0 saturated heterocycles. The van der Waals surface area contributed by atoms with Crippen LogP contribution in [0.5, 0.6) is 5.75 Å². The number of ketones is 1. The molecule has 0 aliphatic carbocycles. The van der Waals surface area contributed by atoms with E-state index in [0.717, 1.165) is 0 Å². The van der Waals surface area contributed by atoms with Gasteiger partial charge in [0.25, 0.3) is 0 Å². The van der Waals surface area contributed by atoms with Crippen LogP contribution in [0.1, 0.15) is 13.8 Å². The molecule has 1 rings (SSSR count). The Labute approximate surface area is 99.6 Å². The largest absolute Gasteiger partial charge is 0.484 e. The molecule has 0 amide bonds. The quantitative estimate of drug-likeness (QED) is 0.809. The number of nitriles is 1. The van der Waals surface area contributed by atoms with E-state index in [1.54, 1.807) is 38.1 Å². The highest BCUT2D eigenvalue weighted by Gasteiger charge is 2.27. The lowest BCUT2D eigenvalue weighted by Crippen LogP contribution is -2.27.